The Balaban J connectivity index is 2.35. The number of hydrogen-bond donors (Lipinski definition) is 0. The van der Waals surface area contributed by atoms with Crippen LogP contribution in [0.15, 0.2) is 20.0 Å². The maximum absolute atomic E-state index is 4.13. The maximum Gasteiger partial charge on any atom is 0.162 e. The van der Waals surface area contributed by atoms with Gasteiger partial charge in [-0.15, -0.1) is 0 Å². The third-order valence-corrected chi connectivity index (χ3v) is 2.49. The highest BCUT2D eigenvalue weighted by atomic mass is 79.9. The zero-order chi connectivity index (χ0) is 8.55. The van der Waals surface area contributed by atoms with Crippen LogP contribution < -0.4 is 0 Å². The first-order valence-electron chi connectivity index (χ1n) is 3.26. The lowest BCUT2D eigenvalue weighted by atomic mass is 10.2. The van der Waals surface area contributed by atoms with E-state index in [-0.39, 0.29) is 9.78 Å². The summed E-state index contributed by atoms with van der Waals surface area (Å²) in [5, 5.41) is 0. The molecule has 1 atom stereocenters. The summed E-state index contributed by atoms with van der Waals surface area (Å²) in [5.41, 5.74) is 0.887. The first-order valence-corrected chi connectivity index (χ1v) is 5.10. The molecule has 0 fully saturated rings. The molecule has 0 radical (unpaired) electrons. The Bertz CT molecular complexity index is 316. The van der Waals surface area contributed by atoms with E-state index in [4.69, 9.17) is 0 Å². The molecule has 0 aromatic heterocycles. The molecule has 0 saturated carbocycles. The molecule has 0 amide bonds. The van der Waals surface area contributed by atoms with Gasteiger partial charge >= 0.3 is 0 Å². The van der Waals surface area contributed by atoms with Gasteiger partial charge in [0.25, 0.3) is 0 Å². The molecule has 1 unspecified atom stereocenters. The fourth-order valence-electron chi connectivity index (χ4n) is 1.01. The van der Waals surface area contributed by atoms with Gasteiger partial charge in [-0.3, -0.25) is 4.99 Å². The van der Waals surface area contributed by atoms with Crippen LogP contribution in [0.2, 0.25) is 0 Å². The monoisotopic (exact) mass is 290 g/mol. The lowest BCUT2D eigenvalue weighted by Crippen LogP contribution is -2.31. The summed E-state index contributed by atoms with van der Waals surface area (Å²) in [6.07, 6.45) is 3.01. The third-order valence-electron chi connectivity index (χ3n) is 1.55. The average molecular weight is 292 g/mol. The normalized spacial score (nSPS) is 25.8. The topological polar surface area (TPSA) is 49.4 Å². The SMILES string of the molecule is BrC(Br)C1=NC=NC2=NC=NC21. The van der Waals surface area contributed by atoms with Crippen molar-refractivity contribution in [3.8, 4) is 0 Å². The van der Waals surface area contributed by atoms with Crippen LogP contribution in [-0.4, -0.2) is 34.0 Å². The third kappa shape index (κ3) is 1.29. The summed E-state index contributed by atoms with van der Waals surface area (Å²) in [6, 6.07) is -0.0984. The highest BCUT2D eigenvalue weighted by Gasteiger charge is 2.29. The molecule has 4 nitrogen and oxygen atoms in total. The Morgan fingerprint density at radius 3 is 2.83 bits per heavy atom. The lowest BCUT2D eigenvalue weighted by molar-refractivity contribution is 1.13. The molecule has 2 rings (SSSR count). The quantitative estimate of drug-likeness (QED) is 0.656. The van der Waals surface area contributed by atoms with Crippen LogP contribution in [-0.2, 0) is 0 Å². The second-order valence-electron chi connectivity index (χ2n) is 2.25. The van der Waals surface area contributed by atoms with Crippen LogP contribution in [0, 0.1) is 0 Å². The Kier molecular flexibility index (Phi) is 2.18. The molecule has 0 N–H and O–H groups in total. The van der Waals surface area contributed by atoms with Gasteiger partial charge in [0.05, 0.1) is 5.71 Å². The van der Waals surface area contributed by atoms with Gasteiger partial charge in [-0.1, -0.05) is 31.9 Å². The lowest BCUT2D eigenvalue weighted by Gasteiger charge is -2.14. The fraction of sp³-hybridized carbons (Fsp3) is 0.333. The maximum atomic E-state index is 4.13. The number of amidine groups is 1. The van der Waals surface area contributed by atoms with Crippen LogP contribution in [0.25, 0.3) is 0 Å². The molecule has 0 bridgehead atoms. The number of nitrogens with zero attached hydrogens (tertiary/aromatic N) is 4. The second-order valence-corrected chi connectivity index (χ2v) is 5.31. The molecular weight excluding hydrogens is 288 g/mol. The van der Waals surface area contributed by atoms with Crippen molar-refractivity contribution in [3.05, 3.63) is 0 Å². The van der Waals surface area contributed by atoms with Crippen LogP contribution >= 0.6 is 31.9 Å². The highest BCUT2D eigenvalue weighted by Crippen LogP contribution is 2.19. The van der Waals surface area contributed by atoms with Gasteiger partial charge < -0.3 is 0 Å². The Labute approximate surface area is 85.9 Å². The van der Waals surface area contributed by atoms with Crippen LogP contribution in [0.4, 0.5) is 0 Å². The Morgan fingerprint density at radius 2 is 2.08 bits per heavy atom. The Morgan fingerprint density at radius 1 is 1.25 bits per heavy atom. The van der Waals surface area contributed by atoms with Crippen LogP contribution in [0.5, 0.6) is 0 Å². The van der Waals surface area contributed by atoms with E-state index in [1.54, 1.807) is 0 Å². The molecule has 2 aliphatic rings. The number of rotatable bonds is 1. The van der Waals surface area contributed by atoms with Gasteiger partial charge in [0.2, 0.25) is 0 Å². The van der Waals surface area contributed by atoms with Gasteiger partial charge in [0.15, 0.2) is 11.9 Å². The zero-order valence-electron chi connectivity index (χ0n) is 5.85. The minimum absolute atomic E-state index is 0.0298. The number of aliphatic imine (C=N–C) groups is 4. The molecule has 0 aromatic carbocycles. The second kappa shape index (κ2) is 3.18. The molecule has 62 valence electrons. The summed E-state index contributed by atoms with van der Waals surface area (Å²) in [7, 11) is 0. The number of hydrogen-bond acceptors (Lipinski definition) is 4. The molecule has 12 heavy (non-hydrogen) atoms. The van der Waals surface area contributed by atoms with E-state index in [9.17, 15) is 0 Å². The summed E-state index contributed by atoms with van der Waals surface area (Å²) >= 11 is 6.74. The van der Waals surface area contributed by atoms with Crippen molar-refractivity contribution in [2.75, 3.05) is 0 Å². The smallest absolute Gasteiger partial charge is 0.162 e. The molecule has 6 heteroatoms. The summed E-state index contributed by atoms with van der Waals surface area (Å²) in [5.74, 6) is 0.712. The largest absolute Gasteiger partial charge is 0.256 e. The minimum Gasteiger partial charge on any atom is -0.256 e. The first-order chi connectivity index (χ1) is 5.79. The molecule has 0 aromatic rings. The fourth-order valence-corrected chi connectivity index (χ4v) is 1.75. The van der Waals surface area contributed by atoms with E-state index in [2.05, 4.69) is 51.8 Å². The van der Waals surface area contributed by atoms with E-state index in [0.29, 0.717) is 5.84 Å². The number of fused-ring (bicyclic) bond motifs is 1. The Hall–Kier alpha value is -0.360. The van der Waals surface area contributed by atoms with E-state index < -0.39 is 0 Å². The molecule has 2 heterocycles. The van der Waals surface area contributed by atoms with Gasteiger partial charge in [-0.25, -0.2) is 15.0 Å². The predicted molar refractivity (Wildman–Crippen MR) is 57.3 cm³/mol. The predicted octanol–water partition coefficient (Wildman–Crippen LogP) is 1.39. The van der Waals surface area contributed by atoms with Gasteiger partial charge in [-0.2, -0.15) is 0 Å². The van der Waals surface area contributed by atoms with Gasteiger partial charge in [-0.05, 0) is 0 Å². The van der Waals surface area contributed by atoms with Crippen LogP contribution in [0.1, 0.15) is 0 Å². The standard InChI is InChI=1S/C6H4Br2N4/c7-5(8)3-4-6(11-1-9-3)12-2-10-4/h1-2,4-5H. The van der Waals surface area contributed by atoms with E-state index >= 15 is 0 Å². The molecular formula is C6H4Br2N4. The summed E-state index contributed by atoms with van der Waals surface area (Å²) in [6.45, 7) is 0. The van der Waals surface area contributed by atoms with E-state index in [1.807, 2.05) is 0 Å². The molecule has 0 spiro atoms. The zero-order valence-corrected chi connectivity index (χ0v) is 9.03. The van der Waals surface area contributed by atoms with Crippen molar-refractivity contribution in [1.82, 2.24) is 0 Å². The van der Waals surface area contributed by atoms with Crippen molar-refractivity contribution in [2.45, 2.75) is 9.78 Å². The van der Waals surface area contributed by atoms with Crippen molar-refractivity contribution >= 4 is 56.1 Å². The van der Waals surface area contributed by atoms with Gasteiger partial charge in [0.1, 0.15) is 16.4 Å². The van der Waals surface area contributed by atoms with Crippen molar-refractivity contribution < 1.29 is 0 Å². The summed E-state index contributed by atoms with van der Waals surface area (Å²) in [4.78, 5) is 16.2. The first kappa shape index (κ1) is 8.25. The number of alkyl halides is 2. The summed E-state index contributed by atoms with van der Waals surface area (Å²) < 4.78 is 0.0298. The van der Waals surface area contributed by atoms with E-state index in [1.165, 1.54) is 12.7 Å². The highest BCUT2D eigenvalue weighted by molar-refractivity contribution is 9.25. The van der Waals surface area contributed by atoms with Crippen molar-refractivity contribution in [3.63, 3.8) is 0 Å². The molecule has 0 saturated heterocycles. The molecule has 2 aliphatic heterocycles. The molecule has 0 aliphatic carbocycles. The van der Waals surface area contributed by atoms with Crippen LogP contribution in [0.3, 0.4) is 0 Å². The van der Waals surface area contributed by atoms with E-state index in [0.717, 1.165) is 5.71 Å². The number of halogens is 2. The van der Waals surface area contributed by atoms with Crippen molar-refractivity contribution in [1.29, 1.82) is 0 Å². The average Bonchev–Trinajstić information content (AvgIpc) is 2.49. The van der Waals surface area contributed by atoms with Crippen molar-refractivity contribution in [2.24, 2.45) is 20.0 Å². The minimum atomic E-state index is -0.0984. The van der Waals surface area contributed by atoms with Gasteiger partial charge in [0, 0.05) is 0 Å².